The van der Waals surface area contributed by atoms with E-state index in [0.717, 1.165) is 10.0 Å². The molecule has 0 bridgehead atoms. The first-order valence-corrected chi connectivity index (χ1v) is 14.6. The summed E-state index contributed by atoms with van der Waals surface area (Å²) in [4.78, 5) is 40.4. The van der Waals surface area contributed by atoms with E-state index in [-0.39, 0.29) is 35.3 Å². The Bertz CT molecular complexity index is 1410. The number of nitrogens with one attached hydrogen (secondary N) is 2. The van der Waals surface area contributed by atoms with Gasteiger partial charge in [-0.25, -0.2) is 9.18 Å². The lowest BCUT2D eigenvalue weighted by molar-refractivity contribution is -0.127. The minimum absolute atomic E-state index is 0.0656. The number of halogens is 2. The molecule has 11 nitrogen and oxygen atoms in total. The molecule has 2 aromatic carbocycles. The number of tetrazole rings is 1. The van der Waals surface area contributed by atoms with Crippen LogP contribution in [0, 0.1) is 17.7 Å². The number of alkyl carbamates (subject to hydrolysis) is 1. The Morgan fingerprint density at radius 1 is 1.17 bits per heavy atom. The number of carbonyl (C=O) groups excluding carboxylic acids is 3. The Kier molecular flexibility index (Phi) is 9.92. The highest BCUT2D eigenvalue weighted by Gasteiger charge is 2.36. The van der Waals surface area contributed by atoms with Crippen molar-refractivity contribution in [2.75, 3.05) is 11.4 Å². The Balaban J connectivity index is 1.56. The molecule has 3 amide bonds. The van der Waals surface area contributed by atoms with Gasteiger partial charge in [0.05, 0.1) is 5.56 Å². The van der Waals surface area contributed by atoms with Gasteiger partial charge in [-0.1, -0.05) is 28.1 Å². The van der Waals surface area contributed by atoms with E-state index in [1.54, 1.807) is 26.8 Å². The van der Waals surface area contributed by atoms with Gasteiger partial charge >= 0.3 is 6.09 Å². The zero-order valence-electron chi connectivity index (χ0n) is 23.8. The molecule has 1 heterocycles. The van der Waals surface area contributed by atoms with Gasteiger partial charge in [-0.3, -0.25) is 14.5 Å². The summed E-state index contributed by atoms with van der Waals surface area (Å²) in [7, 11) is 0. The van der Waals surface area contributed by atoms with Gasteiger partial charge in [-0.2, -0.15) is 5.21 Å². The number of aromatic amines is 1. The summed E-state index contributed by atoms with van der Waals surface area (Å²) in [5.41, 5.74) is 6.38. The smallest absolute Gasteiger partial charge is 0.407 e. The Morgan fingerprint density at radius 3 is 2.50 bits per heavy atom. The van der Waals surface area contributed by atoms with E-state index in [4.69, 9.17) is 10.5 Å². The largest absolute Gasteiger partial charge is 0.444 e. The molecule has 0 spiro atoms. The maximum atomic E-state index is 15.3. The number of ether oxygens (including phenoxy) is 1. The summed E-state index contributed by atoms with van der Waals surface area (Å²) in [5.74, 6) is -1.85. The van der Waals surface area contributed by atoms with E-state index in [0.29, 0.717) is 32.2 Å². The first kappa shape index (κ1) is 31.1. The van der Waals surface area contributed by atoms with Crippen molar-refractivity contribution in [1.82, 2.24) is 25.9 Å². The summed E-state index contributed by atoms with van der Waals surface area (Å²) >= 11 is 3.44. The average Bonchev–Trinajstić information content (AvgIpc) is 3.46. The quantitative estimate of drug-likeness (QED) is 0.309. The van der Waals surface area contributed by atoms with Crippen LogP contribution >= 0.6 is 15.9 Å². The van der Waals surface area contributed by atoms with Crippen LogP contribution in [-0.2, 0) is 20.7 Å². The standard InChI is InChI=1S/C29H35BrFN7O4/c1-29(2,3)42-28(41)33-16-17-7-9-19(10-8-17)27(40)38(24(25(32)39)14-18-5-4-6-20(30)13-18)21-11-12-22(23(31)15-21)26-34-36-37-35-26/h4-6,11-13,15,17,19,24H,7-10,14,16H2,1-3H3,(H2,32,39)(H,33,41)(H,34,35,36,37)/t17?,19?,24-/m0/s1. The van der Waals surface area contributed by atoms with Crippen molar-refractivity contribution >= 4 is 39.5 Å². The number of carbonyl (C=O) groups is 3. The molecule has 1 aliphatic carbocycles. The first-order valence-electron chi connectivity index (χ1n) is 13.8. The summed E-state index contributed by atoms with van der Waals surface area (Å²) in [6.07, 6.45) is 2.14. The van der Waals surface area contributed by atoms with Crippen molar-refractivity contribution in [3.8, 4) is 11.4 Å². The van der Waals surface area contributed by atoms with Crippen molar-refractivity contribution in [2.24, 2.45) is 17.6 Å². The zero-order chi connectivity index (χ0) is 30.4. The summed E-state index contributed by atoms with van der Waals surface area (Å²) < 4.78 is 21.4. The van der Waals surface area contributed by atoms with E-state index >= 15 is 4.39 Å². The maximum absolute atomic E-state index is 15.3. The lowest BCUT2D eigenvalue weighted by Gasteiger charge is -2.36. The molecule has 13 heteroatoms. The summed E-state index contributed by atoms with van der Waals surface area (Å²) in [5, 5.41) is 16.2. The first-order chi connectivity index (χ1) is 19.9. The number of hydrogen-bond acceptors (Lipinski definition) is 7. The van der Waals surface area contributed by atoms with Crippen LogP contribution < -0.4 is 16.0 Å². The van der Waals surface area contributed by atoms with Crippen molar-refractivity contribution in [3.05, 3.63) is 58.3 Å². The number of amides is 3. The third-order valence-electron chi connectivity index (χ3n) is 7.14. The molecule has 0 unspecified atom stereocenters. The van der Waals surface area contributed by atoms with Gasteiger partial charge in [0, 0.05) is 29.0 Å². The second-order valence-electron chi connectivity index (χ2n) is 11.5. The van der Waals surface area contributed by atoms with Crippen LogP contribution in [0.5, 0.6) is 0 Å². The normalized spacial score (nSPS) is 17.7. The van der Waals surface area contributed by atoms with Gasteiger partial charge in [0.15, 0.2) is 0 Å². The Morgan fingerprint density at radius 2 is 1.90 bits per heavy atom. The van der Waals surface area contributed by atoms with Crippen molar-refractivity contribution in [2.45, 2.75) is 64.5 Å². The number of rotatable bonds is 9. The zero-order valence-corrected chi connectivity index (χ0v) is 25.4. The second kappa shape index (κ2) is 13.4. The molecule has 4 N–H and O–H groups in total. The molecule has 0 radical (unpaired) electrons. The molecule has 1 fully saturated rings. The van der Waals surface area contributed by atoms with Gasteiger partial charge < -0.3 is 15.8 Å². The third-order valence-corrected chi connectivity index (χ3v) is 7.64. The third kappa shape index (κ3) is 8.11. The van der Waals surface area contributed by atoms with Crippen LogP contribution in [0.4, 0.5) is 14.9 Å². The number of anilines is 1. The molecule has 1 aliphatic rings. The molecule has 4 rings (SSSR count). The minimum atomic E-state index is -1.06. The minimum Gasteiger partial charge on any atom is -0.444 e. The maximum Gasteiger partial charge on any atom is 0.407 e. The van der Waals surface area contributed by atoms with Gasteiger partial charge in [0.1, 0.15) is 17.5 Å². The fourth-order valence-electron chi connectivity index (χ4n) is 5.13. The van der Waals surface area contributed by atoms with Gasteiger partial charge in [0.2, 0.25) is 17.6 Å². The molecule has 224 valence electrons. The molecule has 1 atom stereocenters. The molecule has 42 heavy (non-hydrogen) atoms. The highest BCUT2D eigenvalue weighted by molar-refractivity contribution is 9.10. The fourth-order valence-corrected chi connectivity index (χ4v) is 5.58. The predicted molar refractivity (Wildman–Crippen MR) is 158 cm³/mol. The number of nitrogens with zero attached hydrogens (tertiary/aromatic N) is 4. The fraction of sp³-hybridized carbons (Fsp3) is 0.448. The molecular formula is C29H35BrFN7O4. The highest BCUT2D eigenvalue weighted by atomic mass is 79.9. The Hall–Kier alpha value is -3.87. The predicted octanol–water partition coefficient (Wildman–Crippen LogP) is 4.53. The van der Waals surface area contributed by atoms with Crippen LogP contribution in [0.1, 0.15) is 52.0 Å². The number of benzene rings is 2. The van der Waals surface area contributed by atoms with Crippen LogP contribution in [0.2, 0.25) is 0 Å². The second-order valence-corrected chi connectivity index (χ2v) is 12.4. The van der Waals surface area contributed by atoms with Gasteiger partial charge in [0.25, 0.3) is 0 Å². The number of primary amides is 1. The van der Waals surface area contributed by atoms with Crippen LogP contribution in [0.3, 0.4) is 0 Å². The van der Waals surface area contributed by atoms with Crippen LogP contribution in [0.15, 0.2) is 46.9 Å². The SMILES string of the molecule is CC(C)(C)OC(=O)NCC1CCC(C(=O)N(c2ccc(-c3nn[nH]n3)c(F)c2)[C@@H](Cc2cccc(Br)c2)C(N)=O)CC1. The van der Waals surface area contributed by atoms with Gasteiger partial charge in [-0.15, -0.1) is 10.2 Å². The lowest BCUT2D eigenvalue weighted by Crippen LogP contribution is -2.52. The van der Waals surface area contributed by atoms with Crippen LogP contribution in [0.25, 0.3) is 11.4 Å². The summed E-state index contributed by atoms with van der Waals surface area (Å²) in [6, 6.07) is 10.5. The van der Waals surface area contributed by atoms with E-state index < -0.39 is 35.4 Å². The van der Waals surface area contributed by atoms with Crippen molar-refractivity contribution < 1.29 is 23.5 Å². The molecule has 0 saturated heterocycles. The van der Waals surface area contributed by atoms with E-state index in [1.165, 1.54) is 17.0 Å². The topological polar surface area (TPSA) is 156 Å². The molecule has 3 aromatic rings. The lowest BCUT2D eigenvalue weighted by atomic mass is 9.81. The van der Waals surface area contributed by atoms with Crippen molar-refractivity contribution in [3.63, 3.8) is 0 Å². The number of H-pyrrole nitrogens is 1. The molecular weight excluding hydrogens is 609 g/mol. The highest BCUT2D eigenvalue weighted by Crippen LogP contribution is 2.34. The van der Waals surface area contributed by atoms with Crippen molar-refractivity contribution in [1.29, 1.82) is 0 Å². The van der Waals surface area contributed by atoms with E-state index in [2.05, 4.69) is 41.9 Å². The molecule has 0 aliphatic heterocycles. The number of hydrogen-bond donors (Lipinski definition) is 3. The Labute approximate surface area is 251 Å². The molecule has 1 aromatic heterocycles. The van der Waals surface area contributed by atoms with Gasteiger partial charge in [-0.05, 0) is 93.5 Å². The summed E-state index contributed by atoms with van der Waals surface area (Å²) in [6.45, 7) is 5.84. The van der Waals surface area contributed by atoms with E-state index in [1.807, 2.05) is 24.3 Å². The molecule has 1 saturated carbocycles. The monoisotopic (exact) mass is 643 g/mol. The number of aromatic nitrogens is 4. The average molecular weight is 645 g/mol. The van der Waals surface area contributed by atoms with Crippen LogP contribution in [-0.4, -0.2) is 56.7 Å². The number of nitrogens with two attached hydrogens (primary N) is 1. The van der Waals surface area contributed by atoms with E-state index in [9.17, 15) is 14.4 Å².